The van der Waals surface area contributed by atoms with Gasteiger partial charge >= 0.3 is 0 Å². The van der Waals surface area contributed by atoms with Crippen LogP contribution >= 0.6 is 23.1 Å². The first-order valence-corrected chi connectivity index (χ1v) is 12.6. The maximum Gasteiger partial charge on any atom is 0.267 e. The third-order valence-corrected chi connectivity index (χ3v) is 8.03. The quantitative estimate of drug-likeness (QED) is 0.293. The van der Waals surface area contributed by atoms with Gasteiger partial charge in [-0.2, -0.15) is 0 Å². The van der Waals surface area contributed by atoms with Crippen LogP contribution < -0.4 is 10.3 Å². The number of likely N-dealkylation sites (N-methyl/N-ethyl adjacent to an activating group) is 1. The van der Waals surface area contributed by atoms with Gasteiger partial charge in [0.25, 0.3) is 5.56 Å². The summed E-state index contributed by atoms with van der Waals surface area (Å²) in [6.45, 7) is 5.10. The summed E-state index contributed by atoms with van der Waals surface area (Å²) in [7, 11) is 1.65. The Hall–Kier alpha value is -2.61. The first-order valence-electron chi connectivity index (χ1n) is 10.8. The second-order valence-electron chi connectivity index (χ2n) is 7.81. The summed E-state index contributed by atoms with van der Waals surface area (Å²) in [4.78, 5) is 23.5. The third kappa shape index (κ3) is 3.96. The zero-order valence-corrected chi connectivity index (χ0v) is 19.8. The highest BCUT2D eigenvalue weighted by atomic mass is 32.2. The minimum Gasteiger partial charge on any atom is -0.497 e. The minimum atomic E-state index is 0.0261. The lowest BCUT2D eigenvalue weighted by Gasteiger charge is -2.25. The average molecular weight is 464 g/mol. The van der Waals surface area contributed by atoms with Crippen molar-refractivity contribution in [3.05, 3.63) is 81.0 Å². The van der Waals surface area contributed by atoms with Crippen LogP contribution in [-0.4, -0.2) is 34.7 Å². The standard InChI is InChI=1S/C25H25N3O2S2/c1-3-27-14-13-20-21(15-27)32-23-22(20)24(29)28(18-9-11-19(30-2)12-10-18)25(26-23)31-16-17-7-5-4-6-8-17/h4-12H,3,13-16H2,1-2H3. The lowest BCUT2D eigenvalue weighted by atomic mass is 10.1. The van der Waals surface area contributed by atoms with Gasteiger partial charge in [0, 0.05) is 23.7 Å². The molecule has 0 aliphatic carbocycles. The van der Waals surface area contributed by atoms with Gasteiger partial charge in [0.15, 0.2) is 5.16 Å². The predicted octanol–water partition coefficient (Wildman–Crippen LogP) is 5.13. The van der Waals surface area contributed by atoms with Gasteiger partial charge < -0.3 is 4.74 Å². The zero-order chi connectivity index (χ0) is 22.1. The van der Waals surface area contributed by atoms with E-state index in [0.717, 1.165) is 58.6 Å². The fraction of sp³-hybridized carbons (Fsp3) is 0.280. The van der Waals surface area contributed by atoms with Crippen molar-refractivity contribution in [2.45, 2.75) is 30.8 Å². The van der Waals surface area contributed by atoms with Gasteiger partial charge in [0.05, 0.1) is 18.2 Å². The van der Waals surface area contributed by atoms with Gasteiger partial charge in [-0.3, -0.25) is 14.3 Å². The molecule has 0 spiro atoms. The van der Waals surface area contributed by atoms with Crippen LogP contribution in [0.15, 0.2) is 64.5 Å². The van der Waals surface area contributed by atoms with Crippen LogP contribution in [0.4, 0.5) is 0 Å². The number of methoxy groups -OCH3 is 1. The van der Waals surface area contributed by atoms with Crippen molar-refractivity contribution < 1.29 is 4.74 Å². The Labute approximate surface area is 195 Å². The van der Waals surface area contributed by atoms with Gasteiger partial charge in [-0.15, -0.1) is 11.3 Å². The molecule has 164 valence electrons. The van der Waals surface area contributed by atoms with Crippen LogP contribution in [0.3, 0.4) is 0 Å². The first-order chi connectivity index (χ1) is 15.7. The molecule has 3 heterocycles. The second kappa shape index (κ2) is 9.10. The van der Waals surface area contributed by atoms with E-state index >= 15 is 0 Å². The molecule has 0 saturated carbocycles. The summed E-state index contributed by atoms with van der Waals surface area (Å²) < 4.78 is 7.08. The Kier molecular flexibility index (Phi) is 6.04. The number of aromatic nitrogens is 2. The van der Waals surface area contributed by atoms with Gasteiger partial charge in [-0.05, 0) is 48.4 Å². The molecule has 1 aliphatic heterocycles. The van der Waals surface area contributed by atoms with Crippen LogP contribution in [0, 0.1) is 0 Å². The lowest BCUT2D eigenvalue weighted by molar-refractivity contribution is 0.272. The molecule has 32 heavy (non-hydrogen) atoms. The highest BCUT2D eigenvalue weighted by Gasteiger charge is 2.25. The monoisotopic (exact) mass is 463 g/mol. The third-order valence-electron chi connectivity index (χ3n) is 5.91. The molecule has 0 bridgehead atoms. The normalized spacial score (nSPS) is 13.9. The summed E-state index contributed by atoms with van der Waals surface area (Å²) in [5, 5.41) is 1.52. The van der Waals surface area contributed by atoms with E-state index in [1.807, 2.05) is 42.5 Å². The Balaban J connectivity index is 1.64. The van der Waals surface area contributed by atoms with E-state index in [1.165, 1.54) is 16.0 Å². The molecule has 4 aromatic rings. The topological polar surface area (TPSA) is 47.4 Å². The molecule has 0 amide bonds. The maximum absolute atomic E-state index is 13.9. The molecule has 0 radical (unpaired) electrons. The molecule has 2 aromatic carbocycles. The maximum atomic E-state index is 13.9. The average Bonchev–Trinajstić information content (AvgIpc) is 3.21. The number of thiophene rings is 1. The molecule has 0 unspecified atom stereocenters. The molecule has 0 N–H and O–H groups in total. The lowest BCUT2D eigenvalue weighted by Crippen LogP contribution is -2.30. The minimum absolute atomic E-state index is 0.0261. The van der Waals surface area contributed by atoms with E-state index in [4.69, 9.17) is 9.72 Å². The van der Waals surface area contributed by atoms with Crippen LogP contribution in [0.2, 0.25) is 0 Å². The Morgan fingerprint density at radius 2 is 1.91 bits per heavy atom. The number of ether oxygens (including phenoxy) is 1. The van der Waals surface area contributed by atoms with Crippen molar-refractivity contribution in [2.75, 3.05) is 20.2 Å². The fourth-order valence-electron chi connectivity index (χ4n) is 4.12. The molecular formula is C25H25N3O2S2. The molecule has 5 nitrogen and oxygen atoms in total. The van der Waals surface area contributed by atoms with Crippen molar-refractivity contribution >= 4 is 33.3 Å². The van der Waals surface area contributed by atoms with Crippen LogP contribution in [0.25, 0.3) is 15.9 Å². The summed E-state index contributed by atoms with van der Waals surface area (Å²) in [5.74, 6) is 1.52. The first kappa shape index (κ1) is 21.2. The summed E-state index contributed by atoms with van der Waals surface area (Å²) in [5.41, 5.74) is 3.23. The van der Waals surface area contributed by atoms with E-state index in [0.29, 0.717) is 0 Å². The summed E-state index contributed by atoms with van der Waals surface area (Å²) in [6, 6.07) is 17.9. The Bertz CT molecular complexity index is 1300. The smallest absolute Gasteiger partial charge is 0.267 e. The second-order valence-corrected chi connectivity index (χ2v) is 9.84. The number of hydrogen-bond acceptors (Lipinski definition) is 6. The van der Waals surface area contributed by atoms with Crippen molar-refractivity contribution in [1.82, 2.24) is 14.5 Å². The molecule has 0 saturated heterocycles. The van der Waals surface area contributed by atoms with Crippen LogP contribution in [0.5, 0.6) is 5.75 Å². The Morgan fingerprint density at radius 1 is 1.12 bits per heavy atom. The van der Waals surface area contributed by atoms with Crippen LogP contribution in [-0.2, 0) is 18.7 Å². The van der Waals surface area contributed by atoms with Crippen molar-refractivity contribution in [3.8, 4) is 11.4 Å². The molecule has 7 heteroatoms. The van der Waals surface area contributed by atoms with E-state index < -0.39 is 0 Å². The van der Waals surface area contributed by atoms with E-state index in [1.54, 1.807) is 34.8 Å². The molecule has 0 fully saturated rings. The van der Waals surface area contributed by atoms with Crippen molar-refractivity contribution in [2.24, 2.45) is 0 Å². The molecule has 1 aliphatic rings. The number of benzene rings is 2. The summed E-state index contributed by atoms with van der Waals surface area (Å²) >= 11 is 3.28. The highest BCUT2D eigenvalue weighted by Crippen LogP contribution is 2.34. The molecular weight excluding hydrogens is 438 g/mol. The Morgan fingerprint density at radius 3 is 2.62 bits per heavy atom. The zero-order valence-electron chi connectivity index (χ0n) is 18.2. The number of rotatable bonds is 6. The number of hydrogen-bond donors (Lipinski definition) is 0. The molecule has 2 aromatic heterocycles. The van der Waals surface area contributed by atoms with Crippen molar-refractivity contribution in [3.63, 3.8) is 0 Å². The van der Waals surface area contributed by atoms with Gasteiger partial charge in [-0.1, -0.05) is 49.0 Å². The van der Waals surface area contributed by atoms with E-state index in [2.05, 4.69) is 24.0 Å². The fourth-order valence-corrected chi connectivity index (χ4v) is 6.40. The van der Waals surface area contributed by atoms with Crippen LogP contribution in [0.1, 0.15) is 22.9 Å². The van der Waals surface area contributed by atoms with Gasteiger partial charge in [0.1, 0.15) is 10.6 Å². The van der Waals surface area contributed by atoms with Gasteiger partial charge in [-0.25, -0.2) is 4.98 Å². The molecule has 0 atom stereocenters. The number of nitrogens with zero attached hydrogens (tertiary/aromatic N) is 3. The molecule has 5 rings (SSSR count). The SMILES string of the molecule is CCN1CCc2c(sc3nc(SCc4ccccc4)n(-c4ccc(OC)cc4)c(=O)c23)C1. The predicted molar refractivity (Wildman–Crippen MR) is 132 cm³/mol. The summed E-state index contributed by atoms with van der Waals surface area (Å²) in [6.07, 6.45) is 0.902. The number of fused-ring (bicyclic) bond motifs is 3. The van der Waals surface area contributed by atoms with E-state index in [-0.39, 0.29) is 5.56 Å². The highest BCUT2D eigenvalue weighted by molar-refractivity contribution is 7.98. The number of thioether (sulfide) groups is 1. The van der Waals surface area contributed by atoms with Crippen molar-refractivity contribution in [1.29, 1.82) is 0 Å². The van der Waals surface area contributed by atoms with Gasteiger partial charge in [0.2, 0.25) is 0 Å². The van der Waals surface area contributed by atoms with E-state index in [9.17, 15) is 4.79 Å². The largest absolute Gasteiger partial charge is 0.497 e.